The van der Waals surface area contributed by atoms with Gasteiger partial charge in [-0.3, -0.25) is 4.79 Å². The van der Waals surface area contributed by atoms with Crippen LogP contribution < -0.4 is 0 Å². The normalized spacial score (nSPS) is 48.1. The van der Waals surface area contributed by atoms with Crippen LogP contribution in [0.3, 0.4) is 0 Å². The number of hydrogen-bond donors (Lipinski definition) is 2. The van der Waals surface area contributed by atoms with Gasteiger partial charge in [0.15, 0.2) is 0 Å². The first kappa shape index (κ1) is 25.4. The highest BCUT2D eigenvalue weighted by molar-refractivity contribution is 5.84. The molecule has 3 heteroatoms. The fourth-order valence-corrected chi connectivity index (χ4v) is 9.94. The van der Waals surface area contributed by atoms with Gasteiger partial charge in [0.25, 0.3) is 0 Å². The lowest BCUT2D eigenvalue weighted by Crippen LogP contribution is -2.64. The van der Waals surface area contributed by atoms with E-state index in [2.05, 4.69) is 47.6 Å². The number of fused-ring (bicyclic) bond motifs is 5. The minimum atomic E-state index is -0.287. The Kier molecular flexibility index (Phi) is 6.53. The molecule has 4 aliphatic carbocycles. The van der Waals surface area contributed by atoms with Crippen LogP contribution in [0.25, 0.3) is 0 Å². The van der Waals surface area contributed by atoms with E-state index in [0.29, 0.717) is 35.9 Å². The maximum absolute atomic E-state index is 14.0. The van der Waals surface area contributed by atoms with Crippen molar-refractivity contribution in [2.45, 2.75) is 112 Å². The molecule has 4 fully saturated rings. The second kappa shape index (κ2) is 8.47. The van der Waals surface area contributed by atoms with Crippen molar-refractivity contribution in [1.82, 2.24) is 0 Å². The molecule has 0 aromatic heterocycles. The summed E-state index contributed by atoms with van der Waals surface area (Å²) in [6.45, 7) is 16.5. The van der Waals surface area contributed by atoms with Gasteiger partial charge in [-0.15, -0.1) is 0 Å². The average molecular weight is 459 g/mol. The number of carbonyl (C=O) groups excluding carboxylic acids is 1. The predicted molar refractivity (Wildman–Crippen MR) is 135 cm³/mol. The Morgan fingerprint density at radius 2 is 1.73 bits per heavy atom. The molecule has 1 unspecified atom stereocenters. The van der Waals surface area contributed by atoms with E-state index in [-0.39, 0.29) is 40.3 Å². The number of aliphatic hydroxyl groups excluding tert-OH is 2. The molecule has 0 aliphatic heterocycles. The Labute approximate surface area is 202 Å². The molecule has 0 radical (unpaired) electrons. The molecule has 3 nitrogen and oxygen atoms in total. The minimum Gasteiger partial charge on any atom is -0.393 e. The molecule has 0 aromatic rings. The van der Waals surface area contributed by atoms with Gasteiger partial charge in [-0.1, -0.05) is 53.2 Å². The van der Waals surface area contributed by atoms with Crippen molar-refractivity contribution in [1.29, 1.82) is 0 Å². The number of Topliss-reactive ketones (excluding diaryl/α,β-unsaturated/α-hetero) is 1. The van der Waals surface area contributed by atoms with E-state index in [9.17, 15) is 15.0 Å². The van der Waals surface area contributed by atoms with Crippen molar-refractivity contribution in [3.05, 3.63) is 11.6 Å². The molecule has 33 heavy (non-hydrogen) atoms. The molecule has 4 saturated carbocycles. The second-order valence-corrected chi connectivity index (χ2v) is 14.0. The van der Waals surface area contributed by atoms with E-state index in [1.807, 2.05) is 6.92 Å². The lowest BCUT2D eigenvalue weighted by atomic mass is 9.37. The number of aliphatic hydroxyl groups is 2. The van der Waals surface area contributed by atoms with Crippen LogP contribution in [0.1, 0.15) is 106 Å². The van der Waals surface area contributed by atoms with E-state index in [0.717, 1.165) is 24.8 Å². The predicted octanol–water partition coefficient (Wildman–Crippen LogP) is 6.57. The third-order valence-corrected chi connectivity index (χ3v) is 12.3. The number of allylic oxidation sites excluding steroid dienone is 1. The summed E-state index contributed by atoms with van der Waals surface area (Å²) >= 11 is 0. The van der Waals surface area contributed by atoms with Gasteiger partial charge in [-0.05, 0) is 104 Å². The van der Waals surface area contributed by atoms with E-state index < -0.39 is 0 Å². The number of rotatable bonds is 5. The topological polar surface area (TPSA) is 57.5 Å². The van der Waals surface area contributed by atoms with E-state index >= 15 is 0 Å². The Morgan fingerprint density at radius 3 is 2.39 bits per heavy atom. The quantitative estimate of drug-likeness (QED) is 0.458. The highest BCUT2D eigenvalue weighted by Gasteiger charge is 2.69. The largest absolute Gasteiger partial charge is 0.393 e. The van der Waals surface area contributed by atoms with Crippen LogP contribution in [0.2, 0.25) is 0 Å². The molecule has 188 valence electrons. The zero-order chi connectivity index (χ0) is 24.4. The Morgan fingerprint density at radius 1 is 1.06 bits per heavy atom. The molecule has 9 atom stereocenters. The van der Waals surface area contributed by atoms with Crippen molar-refractivity contribution in [2.75, 3.05) is 6.61 Å². The molecular weight excluding hydrogens is 408 g/mol. The SMILES string of the molecule is C/C(=C\CC[C@@H](C)[C@H]1CC[C@@]2(C)[C@@H]3C(=O)C[C@H]4C(C)(C)C(O)CC[C@]4(C)[C@H]3CC[C@]12C)CO. The molecule has 0 saturated heterocycles. The van der Waals surface area contributed by atoms with E-state index in [1.54, 1.807) is 0 Å². The number of ketones is 1. The van der Waals surface area contributed by atoms with E-state index in [4.69, 9.17) is 0 Å². The summed E-state index contributed by atoms with van der Waals surface area (Å²) in [6.07, 6.45) is 11.6. The Balaban J connectivity index is 1.60. The maximum Gasteiger partial charge on any atom is 0.137 e. The molecule has 0 heterocycles. The van der Waals surface area contributed by atoms with Gasteiger partial charge in [-0.2, -0.15) is 0 Å². The molecule has 4 aliphatic rings. The van der Waals surface area contributed by atoms with Gasteiger partial charge >= 0.3 is 0 Å². The van der Waals surface area contributed by atoms with E-state index in [1.165, 1.54) is 32.1 Å². The van der Waals surface area contributed by atoms with Crippen molar-refractivity contribution >= 4 is 5.78 Å². The number of hydrogen-bond acceptors (Lipinski definition) is 3. The summed E-state index contributed by atoms with van der Waals surface area (Å²) in [4.78, 5) is 14.0. The van der Waals surface area contributed by atoms with Gasteiger partial charge in [0, 0.05) is 12.3 Å². The summed E-state index contributed by atoms with van der Waals surface area (Å²) in [5.74, 6) is 2.78. The maximum atomic E-state index is 14.0. The highest BCUT2D eigenvalue weighted by atomic mass is 16.3. The summed E-state index contributed by atoms with van der Waals surface area (Å²) in [5.41, 5.74) is 1.38. The van der Waals surface area contributed by atoms with Gasteiger partial charge in [0.1, 0.15) is 5.78 Å². The first-order chi connectivity index (χ1) is 15.3. The van der Waals surface area contributed by atoms with Crippen LogP contribution in [-0.4, -0.2) is 28.7 Å². The Hall–Kier alpha value is -0.670. The third-order valence-electron chi connectivity index (χ3n) is 12.3. The van der Waals surface area contributed by atoms with Gasteiger partial charge < -0.3 is 10.2 Å². The summed E-state index contributed by atoms with van der Waals surface area (Å²) in [7, 11) is 0. The minimum absolute atomic E-state index is 0.0942. The zero-order valence-electron chi connectivity index (χ0n) is 22.4. The second-order valence-electron chi connectivity index (χ2n) is 14.0. The molecule has 0 spiro atoms. The zero-order valence-corrected chi connectivity index (χ0v) is 22.4. The summed E-state index contributed by atoms with van der Waals surface area (Å²) < 4.78 is 0. The van der Waals surface area contributed by atoms with Crippen molar-refractivity contribution in [3.63, 3.8) is 0 Å². The van der Waals surface area contributed by atoms with Crippen molar-refractivity contribution in [2.24, 2.45) is 51.2 Å². The Bertz CT molecular complexity index is 798. The van der Waals surface area contributed by atoms with Gasteiger partial charge in [0.2, 0.25) is 0 Å². The monoisotopic (exact) mass is 458 g/mol. The van der Waals surface area contributed by atoms with Crippen molar-refractivity contribution in [3.8, 4) is 0 Å². The molecule has 0 bridgehead atoms. The lowest BCUT2D eigenvalue weighted by Gasteiger charge is -2.66. The van der Waals surface area contributed by atoms with Crippen LogP contribution in [0.15, 0.2) is 11.6 Å². The fourth-order valence-electron chi connectivity index (χ4n) is 9.94. The first-order valence-electron chi connectivity index (χ1n) is 13.8. The average Bonchev–Trinajstić information content (AvgIpc) is 3.04. The van der Waals surface area contributed by atoms with Gasteiger partial charge in [-0.25, -0.2) is 0 Å². The lowest BCUT2D eigenvalue weighted by molar-refractivity contribution is -0.200. The van der Waals surface area contributed by atoms with Crippen LogP contribution in [-0.2, 0) is 4.79 Å². The van der Waals surface area contributed by atoms with Crippen LogP contribution in [0, 0.1) is 51.2 Å². The smallest absolute Gasteiger partial charge is 0.137 e. The number of carbonyl (C=O) groups is 1. The molecule has 4 rings (SSSR count). The third kappa shape index (κ3) is 3.62. The first-order valence-corrected chi connectivity index (χ1v) is 13.8. The molecule has 0 amide bonds. The summed E-state index contributed by atoms with van der Waals surface area (Å²) in [6, 6.07) is 0. The van der Waals surface area contributed by atoms with Crippen LogP contribution in [0.4, 0.5) is 0 Å². The van der Waals surface area contributed by atoms with Crippen LogP contribution >= 0.6 is 0 Å². The standard InChI is InChI=1S/C30H50O3/c1-19(18-31)9-8-10-20(2)21-11-16-30(7)26-22(12-15-29(21,30)6)28(5)14-13-25(33)27(3,4)24(28)17-23(26)32/h9,20-22,24-26,31,33H,8,10-18H2,1-7H3/b19-9+/t20-,21-,22+,24+,25?,26+,28-,29-,30+/m1/s1. The molecule has 2 N–H and O–H groups in total. The van der Waals surface area contributed by atoms with Crippen molar-refractivity contribution < 1.29 is 15.0 Å². The molecular formula is C30H50O3. The van der Waals surface area contributed by atoms with Crippen LogP contribution in [0.5, 0.6) is 0 Å². The molecule has 0 aromatic carbocycles. The fraction of sp³-hybridized carbons (Fsp3) is 0.900. The summed E-state index contributed by atoms with van der Waals surface area (Å²) in [5, 5.41) is 20.1. The van der Waals surface area contributed by atoms with Gasteiger partial charge in [0.05, 0.1) is 12.7 Å². The highest BCUT2D eigenvalue weighted by Crippen LogP contribution is 2.74.